The van der Waals surface area contributed by atoms with E-state index in [9.17, 15) is 4.79 Å². The summed E-state index contributed by atoms with van der Waals surface area (Å²) in [4.78, 5) is 14.8. The molecule has 1 heterocycles. The van der Waals surface area contributed by atoms with E-state index in [-0.39, 0.29) is 5.91 Å². The Labute approximate surface area is 168 Å². The lowest BCUT2D eigenvalue weighted by Crippen LogP contribution is -2.34. The number of rotatable bonds is 8. The summed E-state index contributed by atoms with van der Waals surface area (Å²) in [5.41, 5.74) is 2.50. The first-order valence-electron chi connectivity index (χ1n) is 9.07. The SMILES string of the molecule is CCOc1ccc(-c2nnc(N(CCOC)C(=O)c3ccccc3C)s2)cc1. The molecule has 0 aliphatic heterocycles. The number of ether oxygens (including phenoxy) is 2. The number of aromatic nitrogens is 2. The zero-order chi connectivity index (χ0) is 19.9. The highest BCUT2D eigenvalue weighted by atomic mass is 32.1. The lowest BCUT2D eigenvalue weighted by atomic mass is 10.1. The number of carbonyl (C=O) groups excluding carboxylic acids is 1. The molecule has 0 radical (unpaired) electrons. The van der Waals surface area contributed by atoms with Crippen LogP contribution in [-0.4, -0.2) is 43.0 Å². The van der Waals surface area contributed by atoms with Crippen LogP contribution in [0.5, 0.6) is 5.75 Å². The molecule has 7 heteroatoms. The molecule has 0 fully saturated rings. The van der Waals surface area contributed by atoms with Crippen molar-refractivity contribution < 1.29 is 14.3 Å². The first kappa shape index (κ1) is 20.0. The summed E-state index contributed by atoms with van der Waals surface area (Å²) in [7, 11) is 1.61. The molecule has 28 heavy (non-hydrogen) atoms. The summed E-state index contributed by atoms with van der Waals surface area (Å²) < 4.78 is 10.7. The fourth-order valence-corrected chi connectivity index (χ4v) is 3.60. The molecule has 3 rings (SSSR count). The fraction of sp³-hybridized carbons (Fsp3) is 0.286. The number of hydrogen-bond acceptors (Lipinski definition) is 6. The van der Waals surface area contributed by atoms with Crippen LogP contribution in [0.15, 0.2) is 48.5 Å². The maximum absolute atomic E-state index is 13.1. The van der Waals surface area contributed by atoms with Crippen molar-refractivity contribution in [3.05, 3.63) is 59.7 Å². The standard InChI is InChI=1S/C21H23N3O3S/c1-4-27-17-11-9-16(10-12-17)19-22-23-21(28-19)24(13-14-26-3)20(25)18-8-6-5-7-15(18)2/h5-12H,4,13-14H2,1-3H3. The number of hydrogen-bond donors (Lipinski definition) is 0. The molecule has 6 nitrogen and oxygen atoms in total. The van der Waals surface area contributed by atoms with Crippen molar-refractivity contribution in [3.63, 3.8) is 0 Å². The van der Waals surface area contributed by atoms with Crippen molar-refractivity contribution in [2.24, 2.45) is 0 Å². The third-order valence-corrected chi connectivity index (χ3v) is 5.19. The maximum Gasteiger partial charge on any atom is 0.260 e. The lowest BCUT2D eigenvalue weighted by Gasteiger charge is -2.19. The molecule has 0 aliphatic carbocycles. The predicted molar refractivity (Wildman–Crippen MR) is 111 cm³/mol. The van der Waals surface area contributed by atoms with Crippen LogP contribution in [0.1, 0.15) is 22.8 Å². The van der Waals surface area contributed by atoms with Crippen LogP contribution < -0.4 is 9.64 Å². The molecule has 0 unspecified atom stereocenters. The Balaban J connectivity index is 1.87. The van der Waals surface area contributed by atoms with Crippen LogP contribution in [0.3, 0.4) is 0 Å². The maximum atomic E-state index is 13.1. The molecule has 0 bridgehead atoms. The minimum atomic E-state index is -0.107. The van der Waals surface area contributed by atoms with Gasteiger partial charge in [0.05, 0.1) is 19.8 Å². The highest BCUT2D eigenvalue weighted by Crippen LogP contribution is 2.30. The Morgan fingerprint density at radius 1 is 1.11 bits per heavy atom. The average Bonchev–Trinajstić information content (AvgIpc) is 3.19. The number of amides is 1. The van der Waals surface area contributed by atoms with Gasteiger partial charge in [0.15, 0.2) is 0 Å². The molecule has 0 spiro atoms. The molecule has 146 valence electrons. The second-order valence-corrected chi connectivity index (χ2v) is 7.07. The Morgan fingerprint density at radius 3 is 2.54 bits per heavy atom. The molecule has 2 aromatic carbocycles. The Hall–Kier alpha value is -2.77. The second-order valence-electron chi connectivity index (χ2n) is 6.11. The van der Waals surface area contributed by atoms with E-state index >= 15 is 0 Å². The van der Waals surface area contributed by atoms with Gasteiger partial charge in [-0.1, -0.05) is 29.5 Å². The summed E-state index contributed by atoms with van der Waals surface area (Å²) in [6.07, 6.45) is 0. The molecular weight excluding hydrogens is 374 g/mol. The molecule has 1 amide bonds. The summed E-state index contributed by atoms with van der Waals surface area (Å²) >= 11 is 1.38. The van der Waals surface area contributed by atoms with Crippen LogP contribution in [0.2, 0.25) is 0 Å². The molecule has 1 aromatic heterocycles. The topological polar surface area (TPSA) is 64.6 Å². The summed E-state index contributed by atoms with van der Waals surface area (Å²) in [5, 5.41) is 9.85. The van der Waals surface area contributed by atoms with E-state index in [0.717, 1.165) is 21.9 Å². The first-order chi connectivity index (χ1) is 13.6. The van der Waals surface area contributed by atoms with Crippen LogP contribution in [-0.2, 0) is 4.74 Å². The fourth-order valence-electron chi connectivity index (χ4n) is 2.73. The first-order valence-corrected chi connectivity index (χ1v) is 9.89. The third-order valence-electron chi connectivity index (χ3n) is 4.20. The second kappa shape index (κ2) is 9.43. The third kappa shape index (κ3) is 4.55. The highest BCUT2D eigenvalue weighted by Gasteiger charge is 2.23. The Kier molecular flexibility index (Phi) is 6.73. The van der Waals surface area contributed by atoms with Gasteiger partial charge in [0, 0.05) is 18.2 Å². The number of benzene rings is 2. The van der Waals surface area contributed by atoms with Crippen molar-refractivity contribution in [2.75, 3.05) is 31.8 Å². The van der Waals surface area contributed by atoms with Gasteiger partial charge in [0.1, 0.15) is 10.8 Å². The number of nitrogens with zero attached hydrogens (tertiary/aromatic N) is 3. The summed E-state index contributed by atoms with van der Waals surface area (Å²) in [5.74, 6) is 0.706. The van der Waals surface area contributed by atoms with E-state index in [1.807, 2.05) is 62.4 Å². The van der Waals surface area contributed by atoms with Gasteiger partial charge in [-0.25, -0.2) is 0 Å². The molecule has 0 aliphatic rings. The molecule has 0 saturated heterocycles. The van der Waals surface area contributed by atoms with E-state index in [0.29, 0.717) is 30.5 Å². The molecule has 0 saturated carbocycles. The molecular formula is C21H23N3O3S. The van der Waals surface area contributed by atoms with Gasteiger partial charge in [-0.15, -0.1) is 10.2 Å². The van der Waals surface area contributed by atoms with Crippen molar-refractivity contribution in [1.82, 2.24) is 10.2 Å². The predicted octanol–water partition coefficient (Wildman–Crippen LogP) is 4.21. The van der Waals surface area contributed by atoms with Crippen LogP contribution in [0, 0.1) is 6.92 Å². The number of carbonyl (C=O) groups is 1. The summed E-state index contributed by atoms with van der Waals surface area (Å²) in [6.45, 7) is 5.31. The minimum absolute atomic E-state index is 0.107. The average molecular weight is 398 g/mol. The smallest absolute Gasteiger partial charge is 0.260 e. The lowest BCUT2D eigenvalue weighted by molar-refractivity contribution is 0.0975. The Bertz CT molecular complexity index is 925. The van der Waals surface area contributed by atoms with Crippen LogP contribution in [0.25, 0.3) is 10.6 Å². The van der Waals surface area contributed by atoms with Crippen molar-refractivity contribution in [3.8, 4) is 16.3 Å². The largest absolute Gasteiger partial charge is 0.494 e. The van der Waals surface area contributed by atoms with Gasteiger partial charge in [0.25, 0.3) is 5.91 Å². The number of anilines is 1. The van der Waals surface area contributed by atoms with E-state index < -0.39 is 0 Å². The van der Waals surface area contributed by atoms with Gasteiger partial charge in [0.2, 0.25) is 5.13 Å². The van der Waals surface area contributed by atoms with Gasteiger partial charge in [-0.2, -0.15) is 0 Å². The van der Waals surface area contributed by atoms with E-state index in [1.54, 1.807) is 12.0 Å². The number of aryl methyl sites for hydroxylation is 1. The van der Waals surface area contributed by atoms with Gasteiger partial charge < -0.3 is 9.47 Å². The monoisotopic (exact) mass is 397 g/mol. The van der Waals surface area contributed by atoms with Gasteiger partial charge in [-0.3, -0.25) is 9.69 Å². The van der Waals surface area contributed by atoms with Crippen LogP contribution in [0.4, 0.5) is 5.13 Å². The van der Waals surface area contributed by atoms with Crippen molar-refractivity contribution >= 4 is 22.4 Å². The zero-order valence-electron chi connectivity index (χ0n) is 16.2. The highest BCUT2D eigenvalue weighted by molar-refractivity contribution is 7.18. The zero-order valence-corrected chi connectivity index (χ0v) is 17.0. The van der Waals surface area contributed by atoms with Crippen molar-refractivity contribution in [2.45, 2.75) is 13.8 Å². The van der Waals surface area contributed by atoms with Gasteiger partial charge >= 0.3 is 0 Å². The number of methoxy groups -OCH3 is 1. The van der Waals surface area contributed by atoms with Crippen LogP contribution >= 0.6 is 11.3 Å². The normalized spacial score (nSPS) is 10.7. The molecule has 3 aromatic rings. The molecule has 0 N–H and O–H groups in total. The minimum Gasteiger partial charge on any atom is -0.494 e. The van der Waals surface area contributed by atoms with E-state index in [1.165, 1.54) is 11.3 Å². The quantitative estimate of drug-likeness (QED) is 0.570. The Morgan fingerprint density at radius 2 is 1.86 bits per heavy atom. The molecule has 0 atom stereocenters. The summed E-state index contributed by atoms with van der Waals surface area (Å²) in [6, 6.07) is 15.2. The van der Waals surface area contributed by atoms with Gasteiger partial charge in [-0.05, 0) is 49.7 Å². The van der Waals surface area contributed by atoms with Crippen molar-refractivity contribution in [1.29, 1.82) is 0 Å². The van der Waals surface area contributed by atoms with E-state index in [4.69, 9.17) is 9.47 Å². The van der Waals surface area contributed by atoms with E-state index in [2.05, 4.69) is 10.2 Å².